The van der Waals surface area contributed by atoms with Crippen LogP contribution in [0.15, 0.2) is 70.5 Å². The van der Waals surface area contributed by atoms with E-state index in [2.05, 4.69) is 5.32 Å². The number of sulfone groups is 1. The summed E-state index contributed by atoms with van der Waals surface area (Å²) in [5.74, 6) is -0.122. The molecule has 0 spiro atoms. The van der Waals surface area contributed by atoms with Crippen LogP contribution in [0, 0.1) is 0 Å². The fourth-order valence-corrected chi connectivity index (χ4v) is 4.96. The predicted octanol–water partition coefficient (Wildman–Crippen LogP) is 6.12. The largest absolute Gasteiger partial charge is 0.507 e. The lowest BCUT2D eigenvalue weighted by Crippen LogP contribution is -2.13. The Balaban J connectivity index is 1.46. The Morgan fingerprint density at radius 2 is 1.78 bits per heavy atom. The highest BCUT2D eigenvalue weighted by molar-refractivity contribution is 8.00. The topological polar surface area (TPSA) is 92.7 Å². The van der Waals surface area contributed by atoms with Crippen molar-refractivity contribution in [3.05, 3.63) is 77.4 Å². The SMILES string of the molecule is CS(=O)(=O)c1cc(NC(=O)c2ccc(COc3ccc(SC(F)(F)F)cc3)c(C3CC3)c2)ccc1O. The first-order chi connectivity index (χ1) is 16.9. The van der Waals surface area contributed by atoms with Crippen molar-refractivity contribution in [2.45, 2.75) is 40.7 Å². The first-order valence-electron chi connectivity index (χ1n) is 10.8. The molecule has 0 saturated heterocycles. The van der Waals surface area contributed by atoms with E-state index in [1.807, 2.05) is 0 Å². The minimum atomic E-state index is -4.35. The summed E-state index contributed by atoms with van der Waals surface area (Å²) in [4.78, 5) is 12.6. The Morgan fingerprint density at radius 1 is 1.08 bits per heavy atom. The van der Waals surface area contributed by atoms with E-state index >= 15 is 0 Å². The lowest BCUT2D eigenvalue weighted by Gasteiger charge is -2.14. The van der Waals surface area contributed by atoms with Crippen LogP contribution in [0.25, 0.3) is 0 Å². The smallest absolute Gasteiger partial charge is 0.446 e. The quantitative estimate of drug-likeness (QED) is 0.266. The van der Waals surface area contributed by atoms with Crippen LogP contribution in [-0.4, -0.2) is 31.2 Å². The molecule has 0 atom stereocenters. The van der Waals surface area contributed by atoms with Crippen LogP contribution >= 0.6 is 11.8 Å². The van der Waals surface area contributed by atoms with Crippen LogP contribution in [0.5, 0.6) is 11.5 Å². The molecule has 1 fully saturated rings. The lowest BCUT2D eigenvalue weighted by atomic mass is 10.00. The molecule has 1 aliphatic carbocycles. The van der Waals surface area contributed by atoms with E-state index in [1.165, 1.54) is 42.5 Å². The van der Waals surface area contributed by atoms with E-state index in [4.69, 9.17) is 4.74 Å². The third-order valence-electron chi connectivity index (χ3n) is 5.49. The Bertz CT molecular complexity index is 1390. The number of phenols is 1. The van der Waals surface area contributed by atoms with Crippen molar-refractivity contribution in [3.8, 4) is 11.5 Å². The van der Waals surface area contributed by atoms with Gasteiger partial charge in [0.2, 0.25) is 0 Å². The standard InChI is InChI=1S/C25H22F3NO5S2/c1-36(32,33)23-13-18(6-11-22(23)30)29-24(31)16-4-5-17(21(12-16)15-2-3-15)14-34-19-7-9-20(10-8-19)35-25(26,27)28/h4-13,15,30H,2-3,14H2,1H3,(H,29,31). The molecule has 0 aromatic heterocycles. The number of carbonyl (C=O) groups excluding carboxylic acids is 1. The number of thioether (sulfide) groups is 1. The van der Waals surface area contributed by atoms with Gasteiger partial charge in [-0.25, -0.2) is 8.42 Å². The molecule has 11 heteroatoms. The van der Waals surface area contributed by atoms with Gasteiger partial charge in [0.25, 0.3) is 5.91 Å². The number of alkyl halides is 3. The Labute approximate surface area is 210 Å². The average molecular weight is 538 g/mol. The molecule has 0 unspecified atom stereocenters. The number of ether oxygens (including phenoxy) is 1. The number of hydrogen-bond acceptors (Lipinski definition) is 6. The summed E-state index contributed by atoms with van der Waals surface area (Å²) >= 11 is -0.190. The maximum Gasteiger partial charge on any atom is 0.446 e. The zero-order valence-electron chi connectivity index (χ0n) is 19.0. The van der Waals surface area contributed by atoms with Crippen LogP contribution < -0.4 is 10.1 Å². The number of carbonyl (C=O) groups is 1. The predicted molar refractivity (Wildman–Crippen MR) is 130 cm³/mol. The van der Waals surface area contributed by atoms with Crippen molar-refractivity contribution in [1.29, 1.82) is 0 Å². The number of halogens is 3. The van der Waals surface area contributed by atoms with Crippen LogP contribution in [0.1, 0.15) is 40.2 Å². The van der Waals surface area contributed by atoms with Crippen molar-refractivity contribution in [3.63, 3.8) is 0 Å². The van der Waals surface area contributed by atoms with E-state index in [9.17, 15) is 31.5 Å². The summed E-state index contributed by atoms with van der Waals surface area (Å²) in [5, 5.41) is 12.5. The second-order valence-electron chi connectivity index (χ2n) is 8.40. The lowest BCUT2D eigenvalue weighted by molar-refractivity contribution is -0.0328. The van der Waals surface area contributed by atoms with E-state index in [-0.39, 0.29) is 39.8 Å². The van der Waals surface area contributed by atoms with Gasteiger partial charge < -0.3 is 15.2 Å². The Kier molecular flexibility index (Phi) is 7.24. The van der Waals surface area contributed by atoms with Gasteiger partial charge in [-0.2, -0.15) is 13.2 Å². The zero-order valence-corrected chi connectivity index (χ0v) is 20.6. The minimum absolute atomic E-state index is 0.0705. The first kappa shape index (κ1) is 25.9. The molecule has 190 valence electrons. The molecule has 0 aliphatic heterocycles. The van der Waals surface area contributed by atoms with Gasteiger partial charge in [0.15, 0.2) is 9.84 Å². The molecule has 3 aromatic carbocycles. The van der Waals surface area contributed by atoms with Gasteiger partial charge in [-0.15, -0.1) is 0 Å². The molecule has 1 amide bonds. The van der Waals surface area contributed by atoms with Gasteiger partial charge in [0.1, 0.15) is 23.0 Å². The van der Waals surface area contributed by atoms with Gasteiger partial charge in [0.05, 0.1) is 0 Å². The fraction of sp³-hybridized carbons (Fsp3) is 0.240. The molecule has 0 radical (unpaired) electrons. The number of aromatic hydroxyl groups is 1. The van der Waals surface area contributed by atoms with Crippen LogP contribution in [0.3, 0.4) is 0 Å². The van der Waals surface area contributed by atoms with Crippen molar-refractivity contribution < 1.29 is 36.2 Å². The third kappa shape index (κ3) is 6.73. The van der Waals surface area contributed by atoms with Gasteiger partial charge >= 0.3 is 5.51 Å². The van der Waals surface area contributed by atoms with Gasteiger partial charge in [-0.3, -0.25) is 4.79 Å². The maximum absolute atomic E-state index is 12.8. The van der Waals surface area contributed by atoms with E-state index in [1.54, 1.807) is 18.2 Å². The number of hydrogen-bond donors (Lipinski definition) is 2. The average Bonchev–Trinajstić information content (AvgIpc) is 3.63. The monoisotopic (exact) mass is 537 g/mol. The molecule has 0 bridgehead atoms. The second kappa shape index (κ2) is 10.1. The molecule has 6 nitrogen and oxygen atoms in total. The van der Waals surface area contributed by atoms with Gasteiger partial charge in [0, 0.05) is 22.4 Å². The van der Waals surface area contributed by atoms with E-state index in [0.29, 0.717) is 11.3 Å². The fourth-order valence-electron chi connectivity index (χ4n) is 3.63. The van der Waals surface area contributed by atoms with Crippen molar-refractivity contribution in [2.75, 3.05) is 11.6 Å². The normalized spacial score (nSPS) is 13.9. The number of rotatable bonds is 8. The summed E-state index contributed by atoms with van der Waals surface area (Å²) in [7, 11) is -3.68. The third-order valence-corrected chi connectivity index (χ3v) is 7.36. The highest BCUT2D eigenvalue weighted by atomic mass is 32.2. The summed E-state index contributed by atoms with van der Waals surface area (Å²) in [5.41, 5.74) is -1.93. The first-order valence-corrected chi connectivity index (χ1v) is 13.6. The highest BCUT2D eigenvalue weighted by Gasteiger charge is 2.29. The molecule has 0 heterocycles. The molecule has 36 heavy (non-hydrogen) atoms. The second-order valence-corrected chi connectivity index (χ2v) is 11.5. The summed E-state index contributed by atoms with van der Waals surface area (Å²) < 4.78 is 66.9. The van der Waals surface area contributed by atoms with Crippen molar-refractivity contribution in [1.82, 2.24) is 0 Å². The maximum atomic E-state index is 12.8. The van der Waals surface area contributed by atoms with Crippen LogP contribution in [0.2, 0.25) is 0 Å². The minimum Gasteiger partial charge on any atom is -0.507 e. The van der Waals surface area contributed by atoms with Crippen LogP contribution in [0.4, 0.5) is 18.9 Å². The molecule has 1 aliphatic rings. The molecule has 3 aromatic rings. The number of anilines is 1. The number of benzene rings is 3. The van der Waals surface area contributed by atoms with Gasteiger partial charge in [-0.05, 0) is 96.2 Å². The summed E-state index contributed by atoms with van der Waals surface area (Å²) in [6, 6.07) is 14.6. The Hall–Kier alpha value is -3.18. The summed E-state index contributed by atoms with van der Waals surface area (Å²) in [6.45, 7) is 0.190. The van der Waals surface area contributed by atoms with Gasteiger partial charge in [-0.1, -0.05) is 6.07 Å². The van der Waals surface area contributed by atoms with Crippen molar-refractivity contribution in [2.24, 2.45) is 0 Å². The summed E-state index contributed by atoms with van der Waals surface area (Å²) in [6.07, 6.45) is 2.90. The number of nitrogens with one attached hydrogen (secondary N) is 1. The molecule has 4 rings (SSSR count). The van der Waals surface area contributed by atoms with Crippen LogP contribution in [-0.2, 0) is 16.4 Å². The number of phenolic OH excluding ortho intramolecular Hbond substituents is 1. The highest BCUT2D eigenvalue weighted by Crippen LogP contribution is 2.42. The molecular weight excluding hydrogens is 515 g/mol. The van der Waals surface area contributed by atoms with E-state index < -0.39 is 27.0 Å². The van der Waals surface area contributed by atoms with Crippen molar-refractivity contribution >= 4 is 33.2 Å². The molecule has 2 N–H and O–H groups in total. The van der Waals surface area contributed by atoms with E-state index in [0.717, 1.165) is 30.2 Å². The molecule has 1 saturated carbocycles. The number of amides is 1. The zero-order chi connectivity index (χ0) is 26.1. The Morgan fingerprint density at radius 3 is 2.39 bits per heavy atom. The molecular formula is C25H22F3NO5S2.